The molecule has 3 heterocycles. The molecule has 2 amide bonds. The van der Waals surface area contributed by atoms with E-state index in [0.717, 1.165) is 5.76 Å². The van der Waals surface area contributed by atoms with Crippen LogP contribution in [0.5, 0.6) is 0 Å². The van der Waals surface area contributed by atoms with Crippen molar-refractivity contribution in [3.63, 3.8) is 0 Å². The minimum absolute atomic E-state index is 0.181. The summed E-state index contributed by atoms with van der Waals surface area (Å²) in [5, 5.41) is 9.61. The van der Waals surface area contributed by atoms with Crippen LogP contribution in [0.4, 0.5) is 4.39 Å². The zero-order chi connectivity index (χ0) is 19.0. The minimum atomic E-state index is -0.835. The molecule has 8 heteroatoms. The van der Waals surface area contributed by atoms with Crippen molar-refractivity contribution in [1.29, 1.82) is 0 Å². The van der Waals surface area contributed by atoms with Gasteiger partial charge in [0.15, 0.2) is 11.5 Å². The Kier molecular flexibility index (Phi) is 4.23. The van der Waals surface area contributed by atoms with Gasteiger partial charge in [0.1, 0.15) is 23.3 Å². The summed E-state index contributed by atoms with van der Waals surface area (Å²) in [4.78, 5) is 26.9. The zero-order valence-corrected chi connectivity index (χ0v) is 14.5. The number of halogens is 1. The minimum Gasteiger partial charge on any atom is -0.460 e. The van der Waals surface area contributed by atoms with Crippen LogP contribution in [0, 0.1) is 12.7 Å². The molecule has 1 saturated heterocycles. The fourth-order valence-corrected chi connectivity index (χ4v) is 3.15. The van der Waals surface area contributed by atoms with Crippen molar-refractivity contribution in [2.45, 2.75) is 13.0 Å². The van der Waals surface area contributed by atoms with Gasteiger partial charge in [-0.15, -0.1) is 0 Å². The number of piperazine rings is 1. The molecule has 2 N–H and O–H groups in total. The van der Waals surface area contributed by atoms with Gasteiger partial charge in [-0.3, -0.25) is 14.7 Å². The molecular weight excluding hydrogens is 351 g/mol. The van der Waals surface area contributed by atoms with Crippen LogP contribution in [0.2, 0.25) is 0 Å². The highest BCUT2D eigenvalue weighted by molar-refractivity contribution is 5.97. The summed E-state index contributed by atoms with van der Waals surface area (Å²) in [5.41, 5.74) is 1.30. The van der Waals surface area contributed by atoms with E-state index in [1.807, 2.05) is 13.0 Å². The van der Waals surface area contributed by atoms with Crippen molar-refractivity contribution in [3.05, 3.63) is 65.3 Å². The highest BCUT2D eigenvalue weighted by Crippen LogP contribution is 2.26. The molecule has 2 aromatic heterocycles. The van der Waals surface area contributed by atoms with Crippen molar-refractivity contribution >= 4 is 11.8 Å². The molecule has 1 aromatic carbocycles. The lowest BCUT2D eigenvalue weighted by molar-refractivity contribution is -0.128. The van der Waals surface area contributed by atoms with Crippen LogP contribution < -0.4 is 5.32 Å². The molecular formula is C19H17FN4O3. The smallest absolute Gasteiger partial charge is 0.275 e. The van der Waals surface area contributed by atoms with Gasteiger partial charge in [-0.25, -0.2) is 4.39 Å². The Labute approximate surface area is 154 Å². The number of aryl methyl sites for hydroxylation is 1. The molecule has 1 aliphatic rings. The van der Waals surface area contributed by atoms with E-state index in [4.69, 9.17) is 4.42 Å². The van der Waals surface area contributed by atoms with Crippen molar-refractivity contribution < 1.29 is 18.4 Å². The highest BCUT2D eigenvalue weighted by atomic mass is 19.1. The number of aromatic nitrogens is 2. The topological polar surface area (TPSA) is 91.2 Å². The second kappa shape index (κ2) is 6.71. The number of aromatic amines is 1. The van der Waals surface area contributed by atoms with Crippen LogP contribution in [-0.4, -0.2) is 40.0 Å². The lowest BCUT2D eigenvalue weighted by Crippen LogP contribution is -2.52. The van der Waals surface area contributed by atoms with Crippen molar-refractivity contribution in [2.24, 2.45) is 0 Å². The van der Waals surface area contributed by atoms with Gasteiger partial charge in [0.2, 0.25) is 5.91 Å². The Morgan fingerprint density at radius 2 is 2.04 bits per heavy atom. The number of rotatable bonds is 3. The lowest BCUT2D eigenvalue weighted by Gasteiger charge is -2.34. The average molecular weight is 368 g/mol. The monoisotopic (exact) mass is 368 g/mol. The second-order valence-corrected chi connectivity index (χ2v) is 6.32. The van der Waals surface area contributed by atoms with E-state index in [1.54, 1.807) is 12.1 Å². The molecule has 3 aromatic rings. The van der Waals surface area contributed by atoms with E-state index < -0.39 is 11.9 Å². The van der Waals surface area contributed by atoms with Gasteiger partial charge in [-0.05, 0) is 36.8 Å². The Morgan fingerprint density at radius 3 is 2.74 bits per heavy atom. The zero-order valence-electron chi connectivity index (χ0n) is 14.5. The number of hydrogen-bond donors (Lipinski definition) is 2. The highest BCUT2D eigenvalue weighted by Gasteiger charge is 2.35. The van der Waals surface area contributed by atoms with Gasteiger partial charge in [-0.2, -0.15) is 5.10 Å². The van der Waals surface area contributed by atoms with Crippen LogP contribution in [0.1, 0.15) is 27.9 Å². The molecule has 1 aliphatic heterocycles. The first-order valence-corrected chi connectivity index (χ1v) is 8.49. The number of benzene rings is 1. The van der Waals surface area contributed by atoms with E-state index in [-0.39, 0.29) is 17.5 Å². The van der Waals surface area contributed by atoms with Gasteiger partial charge in [0.25, 0.3) is 5.91 Å². The van der Waals surface area contributed by atoms with Gasteiger partial charge in [0.05, 0.1) is 0 Å². The Morgan fingerprint density at radius 1 is 1.26 bits per heavy atom. The molecule has 0 saturated carbocycles. The molecule has 0 spiro atoms. The standard InChI is InChI=1S/C19H17FN4O3/c1-11-2-7-16(27-11)14-10-15(23-22-14)19(26)24-9-8-21-18(25)17(24)12-3-5-13(20)6-4-12/h2-7,10,17H,8-9H2,1H3,(H,21,25)(H,22,23). The lowest BCUT2D eigenvalue weighted by atomic mass is 10.0. The summed E-state index contributed by atoms with van der Waals surface area (Å²) in [6, 6.07) is 9.91. The summed E-state index contributed by atoms with van der Waals surface area (Å²) in [6.45, 7) is 2.50. The third kappa shape index (κ3) is 3.21. The van der Waals surface area contributed by atoms with Crippen LogP contribution in [0.3, 0.4) is 0 Å². The summed E-state index contributed by atoms with van der Waals surface area (Å²) >= 11 is 0. The van der Waals surface area contributed by atoms with E-state index in [2.05, 4.69) is 15.5 Å². The van der Waals surface area contributed by atoms with E-state index >= 15 is 0 Å². The van der Waals surface area contributed by atoms with E-state index in [0.29, 0.717) is 30.1 Å². The summed E-state index contributed by atoms with van der Waals surface area (Å²) in [6.07, 6.45) is 0. The molecule has 27 heavy (non-hydrogen) atoms. The van der Waals surface area contributed by atoms with Crippen molar-refractivity contribution in [2.75, 3.05) is 13.1 Å². The van der Waals surface area contributed by atoms with Gasteiger partial charge in [0, 0.05) is 19.2 Å². The molecule has 7 nitrogen and oxygen atoms in total. The van der Waals surface area contributed by atoms with Gasteiger partial charge in [-0.1, -0.05) is 12.1 Å². The molecule has 138 valence electrons. The fraction of sp³-hybridized carbons (Fsp3) is 0.211. The normalized spacial score (nSPS) is 17.0. The molecule has 1 atom stereocenters. The maximum Gasteiger partial charge on any atom is 0.275 e. The Hall–Kier alpha value is -3.42. The fourth-order valence-electron chi connectivity index (χ4n) is 3.15. The predicted molar refractivity (Wildman–Crippen MR) is 94.2 cm³/mol. The van der Waals surface area contributed by atoms with E-state index in [9.17, 15) is 14.0 Å². The molecule has 0 aliphatic carbocycles. The van der Waals surface area contributed by atoms with Crippen LogP contribution in [0.15, 0.2) is 46.9 Å². The number of carbonyl (C=O) groups is 2. The summed E-state index contributed by atoms with van der Waals surface area (Å²) < 4.78 is 18.8. The molecule has 1 unspecified atom stereocenters. The second-order valence-electron chi connectivity index (χ2n) is 6.32. The van der Waals surface area contributed by atoms with Crippen molar-refractivity contribution in [3.8, 4) is 11.5 Å². The number of nitrogens with one attached hydrogen (secondary N) is 2. The number of H-pyrrole nitrogens is 1. The maximum absolute atomic E-state index is 13.2. The maximum atomic E-state index is 13.2. The van der Waals surface area contributed by atoms with Gasteiger partial charge < -0.3 is 14.6 Å². The van der Waals surface area contributed by atoms with E-state index in [1.165, 1.54) is 29.2 Å². The summed E-state index contributed by atoms with van der Waals surface area (Å²) in [7, 11) is 0. The Balaban J connectivity index is 1.63. The number of furan rings is 1. The van der Waals surface area contributed by atoms with Crippen LogP contribution >= 0.6 is 0 Å². The first-order chi connectivity index (χ1) is 13.0. The van der Waals surface area contributed by atoms with Crippen LogP contribution in [-0.2, 0) is 4.79 Å². The summed E-state index contributed by atoms with van der Waals surface area (Å²) in [5.74, 6) is 0.226. The number of carbonyl (C=O) groups excluding carboxylic acids is 2. The largest absolute Gasteiger partial charge is 0.460 e. The molecule has 1 fully saturated rings. The molecule has 0 bridgehead atoms. The third-order valence-electron chi connectivity index (χ3n) is 4.46. The van der Waals surface area contributed by atoms with Crippen molar-refractivity contribution in [1.82, 2.24) is 20.4 Å². The molecule has 4 rings (SSSR count). The predicted octanol–water partition coefficient (Wildman–Crippen LogP) is 2.43. The number of amides is 2. The number of hydrogen-bond acceptors (Lipinski definition) is 4. The quantitative estimate of drug-likeness (QED) is 0.743. The third-order valence-corrected chi connectivity index (χ3v) is 4.46. The first-order valence-electron chi connectivity index (χ1n) is 8.49. The SMILES string of the molecule is Cc1ccc(-c2cc(C(=O)N3CCNC(=O)C3c3ccc(F)cc3)n[nH]2)o1. The molecule has 0 radical (unpaired) electrons. The van der Waals surface area contributed by atoms with Crippen LogP contribution in [0.25, 0.3) is 11.5 Å². The van der Waals surface area contributed by atoms with Gasteiger partial charge >= 0.3 is 0 Å². The Bertz CT molecular complexity index is 993. The first kappa shape index (κ1) is 17.0. The number of nitrogens with zero attached hydrogens (tertiary/aromatic N) is 2. The average Bonchev–Trinajstić information content (AvgIpc) is 3.31.